The number of carbonyl (C=O) groups is 3. The van der Waals surface area contributed by atoms with Gasteiger partial charge >= 0.3 is 6.03 Å². The van der Waals surface area contributed by atoms with Crippen LogP contribution in [0.5, 0.6) is 0 Å². The fourth-order valence-electron chi connectivity index (χ4n) is 4.32. The number of imide groups is 1. The third-order valence-corrected chi connectivity index (χ3v) is 5.76. The molecule has 1 N–H and O–H groups in total. The van der Waals surface area contributed by atoms with Crippen molar-refractivity contribution in [3.8, 4) is 0 Å². The van der Waals surface area contributed by atoms with Gasteiger partial charge in [-0.1, -0.05) is 39.0 Å². The van der Waals surface area contributed by atoms with Crippen LogP contribution in [-0.4, -0.2) is 52.8 Å². The maximum atomic E-state index is 12.9. The highest BCUT2D eigenvalue weighted by atomic mass is 16.2. The summed E-state index contributed by atoms with van der Waals surface area (Å²) in [6, 6.07) is -0.390. The van der Waals surface area contributed by atoms with E-state index in [0.29, 0.717) is 18.8 Å². The molecule has 0 aromatic carbocycles. The van der Waals surface area contributed by atoms with Crippen molar-refractivity contribution >= 4 is 17.8 Å². The molecule has 1 spiro atoms. The predicted molar refractivity (Wildman–Crippen MR) is 90.3 cm³/mol. The van der Waals surface area contributed by atoms with E-state index < -0.39 is 5.54 Å². The standard InChI is InChI=1S/C18H29N3O3/c1-14-8-7-11-20(12-14)15(22)13-21-16(23)18(19-17(21)24)9-5-3-2-4-6-10-18/h14H,2-13H2,1H3,(H,19,24)/t14-/m1/s1. The lowest BCUT2D eigenvalue weighted by atomic mass is 9.84. The van der Waals surface area contributed by atoms with Crippen molar-refractivity contribution in [3.63, 3.8) is 0 Å². The Morgan fingerprint density at radius 1 is 1.12 bits per heavy atom. The highest BCUT2D eigenvalue weighted by Gasteiger charge is 2.51. The number of amides is 4. The normalized spacial score (nSPS) is 27.8. The van der Waals surface area contributed by atoms with Crippen LogP contribution in [-0.2, 0) is 9.59 Å². The van der Waals surface area contributed by atoms with Gasteiger partial charge in [0, 0.05) is 13.1 Å². The van der Waals surface area contributed by atoms with E-state index in [4.69, 9.17) is 0 Å². The molecule has 1 atom stereocenters. The fraction of sp³-hybridized carbons (Fsp3) is 0.833. The molecule has 0 radical (unpaired) electrons. The Bertz CT molecular complexity index is 512. The summed E-state index contributed by atoms with van der Waals surface area (Å²) in [6.45, 7) is 3.49. The van der Waals surface area contributed by atoms with Crippen molar-refractivity contribution in [2.45, 2.75) is 70.3 Å². The van der Waals surface area contributed by atoms with Gasteiger partial charge in [-0.15, -0.1) is 0 Å². The topological polar surface area (TPSA) is 69.7 Å². The molecule has 0 unspecified atom stereocenters. The first-order valence-electron chi connectivity index (χ1n) is 9.44. The summed E-state index contributed by atoms with van der Waals surface area (Å²) in [7, 11) is 0. The second-order valence-corrected chi connectivity index (χ2v) is 7.76. The van der Waals surface area contributed by atoms with E-state index in [-0.39, 0.29) is 24.4 Å². The second-order valence-electron chi connectivity index (χ2n) is 7.76. The van der Waals surface area contributed by atoms with E-state index in [1.54, 1.807) is 4.90 Å². The van der Waals surface area contributed by atoms with Crippen LogP contribution in [0.1, 0.15) is 64.7 Å². The van der Waals surface area contributed by atoms with Gasteiger partial charge < -0.3 is 10.2 Å². The maximum absolute atomic E-state index is 12.9. The molecule has 24 heavy (non-hydrogen) atoms. The van der Waals surface area contributed by atoms with Crippen molar-refractivity contribution in [1.82, 2.24) is 15.1 Å². The van der Waals surface area contributed by atoms with Crippen molar-refractivity contribution in [2.24, 2.45) is 5.92 Å². The summed E-state index contributed by atoms with van der Waals surface area (Å²) >= 11 is 0. The first-order valence-corrected chi connectivity index (χ1v) is 9.44. The molecular weight excluding hydrogens is 306 g/mol. The van der Waals surface area contributed by atoms with Crippen LogP contribution >= 0.6 is 0 Å². The number of carbonyl (C=O) groups excluding carboxylic acids is 3. The summed E-state index contributed by atoms with van der Waals surface area (Å²) in [5.41, 5.74) is -0.757. The Hall–Kier alpha value is -1.59. The molecule has 3 aliphatic rings. The summed E-state index contributed by atoms with van der Waals surface area (Å²) in [5.74, 6) is 0.198. The lowest BCUT2D eigenvalue weighted by Gasteiger charge is -2.32. The van der Waals surface area contributed by atoms with Crippen molar-refractivity contribution in [2.75, 3.05) is 19.6 Å². The molecular formula is C18H29N3O3. The first-order chi connectivity index (χ1) is 11.5. The van der Waals surface area contributed by atoms with Crippen LogP contribution in [0.4, 0.5) is 4.79 Å². The van der Waals surface area contributed by atoms with Gasteiger partial charge in [-0.05, 0) is 31.6 Å². The number of urea groups is 1. The molecule has 6 heteroatoms. The Labute approximate surface area is 143 Å². The molecule has 1 aliphatic carbocycles. The van der Waals surface area contributed by atoms with Crippen LogP contribution in [0.2, 0.25) is 0 Å². The molecule has 0 bridgehead atoms. The molecule has 1 saturated carbocycles. The molecule has 134 valence electrons. The van der Waals surface area contributed by atoms with E-state index in [1.807, 2.05) is 0 Å². The highest BCUT2D eigenvalue weighted by Crippen LogP contribution is 2.32. The zero-order valence-electron chi connectivity index (χ0n) is 14.7. The van der Waals surface area contributed by atoms with Gasteiger partial charge in [0.05, 0.1) is 0 Å². The molecule has 0 aromatic rings. The highest BCUT2D eigenvalue weighted by molar-refractivity contribution is 6.09. The minimum Gasteiger partial charge on any atom is -0.341 e. The molecule has 6 nitrogen and oxygen atoms in total. The lowest BCUT2D eigenvalue weighted by molar-refractivity contribution is -0.140. The van der Waals surface area contributed by atoms with Crippen molar-refractivity contribution < 1.29 is 14.4 Å². The Morgan fingerprint density at radius 3 is 2.46 bits per heavy atom. The number of likely N-dealkylation sites (tertiary alicyclic amines) is 1. The molecule has 2 aliphatic heterocycles. The van der Waals surface area contributed by atoms with Gasteiger partial charge in [-0.3, -0.25) is 14.5 Å². The van der Waals surface area contributed by atoms with Gasteiger partial charge in [0.1, 0.15) is 12.1 Å². The third kappa shape index (κ3) is 3.42. The Kier molecular flexibility index (Phi) is 5.11. The lowest BCUT2D eigenvalue weighted by Crippen LogP contribution is -2.49. The number of nitrogens with one attached hydrogen (secondary N) is 1. The largest absolute Gasteiger partial charge is 0.341 e. The minimum atomic E-state index is -0.757. The van der Waals surface area contributed by atoms with Gasteiger partial charge in [0.15, 0.2) is 0 Å². The Balaban J connectivity index is 1.66. The van der Waals surface area contributed by atoms with Crippen LogP contribution in [0.15, 0.2) is 0 Å². The van der Waals surface area contributed by atoms with E-state index in [9.17, 15) is 14.4 Å². The smallest absolute Gasteiger partial charge is 0.325 e. The average molecular weight is 335 g/mol. The van der Waals surface area contributed by atoms with Crippen LogP contribution in [0, 0.1) is 5.92 Å². The van der Waals surface area contributed by atoms with Crippen LogP contribution in [0.3, 0.4) is 0 Å². The van der Waals surface area contributed by atoms with E-state index in [2.05, 4.69) is 12.2 Å². The molecule has 2 saturated heterocycles. The molecule has 0 aromatic heterocycles. The van der Waals surface area contributed by atoms with Crippen LogP contribution < -0.4 is 5.32 Å². The van der Waals surface area contributed by atoms with Crippen molar-refractivity contribution in [3.05, 3.63) is 0 Å². The van der Waals surface area contributed by atoms with Gasteiger partial charge in [0.2, 0.25) is 5.91 Å². The summed E-state index contributed by atoms with van der Waals surface area (Å²) in [4.78, 5) is 40.8. The SMILES string of the molecule is C[C@@H]1CCCN(C(=O)CN2C(=O)NC3(CCCCCCC3)C2=O)C1. The maximum Gasteiger partial charge on any atom is 0.325 e. The number of piperidine rings is 1. The van der Waals surface area contributed by atoms with Crippen LogP contribution in [0.25, 0.3) is 0 Å². The average Bonchev–Trinajstić information content (AvgIpc) is 2.76. The fourth-order valence-corrected chi connectivity index (χ4v) is 4.32. The summed E-state index contributed by atoms with van der Waals surface area (Å²) in [6.07, 6.45) is 8.85. The van der Waals surface area contributed by atoms with E-state index in [1.165, 1.54) is 6.42 Å². The van der Waals surface area contributed by atoms with Crippen molar-refractivity contribution in [1.29, 1.82) is 0 Å². The monoisotopic (exact) mass is 335 g/mol. The summed E-state index contributed by atoms with van der Waals surface area (Å²) in [5, 5.41) is 2.92. The number of hydrogen-bond acceptors (Lipinski definition) is 3. The molecule has 3 fully saturated rings. The van der Waals surface area contributed by atoms with Gasteiger partial charge in [-0.2, -0.15) is 0 Å². The van der Waals surface area contributed by atoms with E-state index >= 15 is 0 Å². The summed E-state index contributed by atoms with van der Waals surface area (Å²) < 4.78 is 0. The number of nitrogens with zero attached hydrogens (tertiary/aromatic N) is 2. The molecule has 3 rings (SSSR count). The first kappa shape index (κ1) is 17.2. The quantitative estimate of drug-likeness (QED) is 0.787. The zero-order chi connectivity index (χ0) is 17.2. The zero-order valence-corrected chi connectivity index (χ0v) is 14.7. The van der Waals surface area contributed by atoms with Gasteiger partial charge in [0.25, 0.3) is 5.91 Å². The van der Waals surface area contributed by atoms with Gasteiger partial charge in [-0.25, -0.2) is 4.79 Å². The number of hydrogen-bond donors (Lipinski definition) is 1. The molecule has 4 amide bonds. The third-order valence-electron chi connectivity index (χ3n) is 5.76. The molecule has 2 heterocycles. The number of rotatable bonds is 2. The second kappa shape index (κ2) is 7.11. The minimum absolute atomic E-state index is 0.104. The Morgan fingerprint density at radius 2 is 1.79 bits per heavy atom. The predicted octanol–water partition coefficient (Wildman–Crippen LogP) is 2.28. The van der Waals surface area contributed by atoms with E-state index in [0.717, 1.165) is 56.5 Å².